The summed E-state index contributed by atoms with van der Waals surface area (Å²) in [6.45, 7) is 3.30. The number of nitrogens with zero attached hydrogens (tertiary/aromatic N) is 5. The van der Waals surface area contributed by atoms with E-state index in [1.54, 1.807) is 6.07 Å². The molecule has 2 amide bonds. The normalized spacial score (nSPS) is 15.6. The maximum Gasteiger partial charge on any atom is 0.416 e. The number of hydrogen-bond acceptors (Lipinski definition) is 6. The molecule has 1 unspecified atom stereocenters. The van der Waals surface area contributed by atoms with E-state index in [1.165, 1.54) is 12.1 Å². The van der Waals surface area contributed by atoms with Crippen LogP contribution in [0.15, 0.2) is 30.3 Å². The molecule has 0 saturated carbocycles. The van der Waals surface area contributed by atoms with E-state index < -0.39 is 69.9 Å². The minimum Gasteiger partial charge on any atom is -0.383 e. The van der Waals surface area contributed by atoms with Crippen molar-refractivity contribution in [3.05, 3.63) is 58.7 Å². The Morgan fingerprint density at radius 2 is 1.66 bits per heavy atom. The first-order valence-corrected chi connectivity index (χ1v) is 13.0. The molecule has 0 radical (unpaired) electrons. The fourth-order valence-corrected chi connectivity index (χ4v) is 4.60. The van der Waals surface area contributed by atoms with E-state index in [0.717, 1.165) is 6.92 Å². The van der Waals surface area contributed by atoms with E-state index in [1.807, 2.05) is 17.3 Å². The van der Waals surface area contributed by atoms with Gasteiger partial charge in [0.2, 0.25) is 0 Å². The van der Waals surface area contributed by atoms with Crippen molar-refractivity contribution in [2.75, 3.05) is 49.6 Å². The highest BCUT2D eigenvalue weighted by Crippen LogP contribution is 2.37. The van der Waals surface area contributed by atoms with Crippen molar-refractivity contribution in [2.24, 2.45) is 0 Å². The molecule has 0 spiro atoms. The van der Waals surface area contributed by atoms with Crippen LogP contribution in [0.4, 0.5) is 57.1 Å². The summed E-state index contributed by atoms with van der Waals surface area (Å²) in [6, 6.07) is 2.39. The van der Waals surface area contributed by atoms with E-state index >= 15 is 0 Å². The molecule has 0 bridgehead atoms. The Morgan fingerprint density at radius 1 is 1.05 bits per heavy atom. The summed E-state index contributed by atoms with van der Waals surface area (Å²) in [5, 5.41) is 17.0. The third-order valence-electron chi connectivity index (χ3n) is 7.12. The lowest BCUT2D eigenvalue weighted by Crippen LogP contribution is -2.44. The smallest absolute Gasteiger partial charge is 0.383 e. The molecule has 1 aliphatic heterocycles. The number of nitriles is 1. The summed E-state index contributed by atoms with van der Waals surface area (Å²) < 4.78 is 111. The van der Waals surface area contributed by atoms with Crippen molar-refractivity contribution in [3.8, 4) is 17.3 Å². The number of anilines is 3. The molecule has 1 saturated heterocycles. The molecular formula is C27H26F8N8O. The van der Waals surface area contributed by atoms with E-state index in [-0.39, 0.29) is 17.8 Å². The summed E-state index contributed by atoms with van der Waals surface area (Å²) in [4.78, 5) is 16.4. The lowest BCUT2D eigenvalue weighted by atomic mass is 10.0. The van der Waals surface area contributed by atoms with Crippen LogP contribution < -0.4 is 16.4 Å². The predicted octanol–water partition coefficient (Wildman–Crippen LogP) is 5.82. The molecule has 1 atom stereocenters. The van der Waals surface area contributed by atoms with Crippen LogP contribution in [0.25, 0.3) is 11.3 Å². The fourth-order valence-electron chi connectivity index (χ4n) is 4.60. The van der Waals surface area contributed by atoms with Gasteiger partial charge in [0.25, 0.3) is 0 Å². The molecule has 236 valence electrons. The Hall–Kier alpha value is -4.43. The van der Waals surface area contributed by atoms with Gasteiger partial charge in [-0.1, -0.05) is 6.07 Å². The molecule has 1 aromatic heterocycles. The number of benzene rings is 2. The van der Waals surface area contributed by atoms with Crippen LogP contribution in [-0.4, -0.2) is 65.0 Å². The number of piperazine rings is 1. The Balaban J connectivity index is 1.54. The number of aromatic nitrogens is 2. The van der Waals surface area contributed by atoms with Crippen molar-refractivity contribution in [1.29, 1.82) is 5.26 Å². The third kappa shape index (κ3) is 7.03. The van der Waals surface area contributed by atoms with Crippen LogP contribution in [0.2, 0.25) is 0 Å². The number of carbonyl (C=O) groups is 1. The Bertz CT molecular complexity index is 1560. The average molecular weight is 631 g/mol. The fraction of sp³-hybridized carbons (Fsp3) is 0.370. The number of nitrogen functional groups attached to an aromatic ring is 1. The quantitative estimate of drug-likeness (QED) is 0.296. The molecule has 3 aromatic rings. The second kappa shape index (κ2) is 12.3. The Kier molecular flexibility index (Phi) is 9.07. The van der Waals surface area contributed by atoms with E-state index in [9.17, 15) is 45.2 Å². The number of amides is 2. The topological polar surface area (TPSA) is 115 Å². The van der Waals surface area contributed by atoms with E-state index in [4.69, 9.17) is 5.73 Å². The van der Waals surface area contributed by atoms with Crippen LogP contribution in [0, 0.1) is 23.0 Å². The molecule has 2 aromatic carbocycles. The first kappa shape index (κ1) is 32.5. The van der Waals surface area contributed by atoms with Gasteiger partial charge in [-0.15, -0.1) is 0 Å². The molecule has 17 heteroatoms. The number of halogens is 8. The van der Waals surface area contributed by atoms with Gasteiger partial charge in [-0.05, 0) is 43.8 Å². The SMILES string of the molecule is CC(n1nc(-c2cc(F)c(NC(=O)Nc3ccc(CN4CCN(C)CC4)c(C(F)(F)F)c3)c(F)c2)c(C#N)c1N)C(F)(F)F. The highest BCUT2D eigenvalue weighted by molar-refractivity contribution is 6.00. The van der Waals surface area contributed by atoms with E-state index in [0.29, 0.717) is 49.1 Å². The van der Waals surface area contributed by atoms with Crippen molar-refractivity contribution in [3.63, 3.8) is 0 Å². The maximum atomic E-state index is 14.9. The van der Waals surface area contributed by atoms with Gasteiger partial charge >= 0.3 is 18.4 Å². The second-order valence-corrected chi connectivity index (χ2v) is 10.2. The number of hydrogen-bond donors (Lipinski definition) is 3. The van der Waals surface area contributed by atoms with Gasteiger partial charge in [-0.25, -0.2) is 18.3 Å². The van der Waals surface area contributed by atoms with Crippen molar-refractivity contribution >= 4 is 23.2 Å². The van der Waals surface area contributed by atoms with Gasteiger partial charge in [0.15, 0.2) is 0 Å². The van der Waals surface area contributed by atoms with Crippen LogP contribution >= 0.6 is 0 Å². The molecule has 1 aliphatic rings. The summed E-state index contributed by atoms with van der Waals surface area (Å²) in [7, 11) is 1.91. The third-order valence-corrected chi connectivity index (χ3v) is 7.12. The summed E-state index contributed by atoms with van der Waals surface area (Å²) in [5.74, 6) is -3.49. The standard InChI is InChI=1S/C27H26F8N8O/c1-14(26(30,31)32)43-24(37)18(12-36)22(40-43)16-9-20(28)23(21(29)10-16)39-25(44)38-17-4-3-15(19(11-17)27(33,34)35)13-42-7-5-41(2)6-8-42/h3-4,9-11,14H,5-8,13,37H2,1-2H3,(H2,38,39,44). The van der Waals surface area contributed by atoms with Gasteiger partial charge in [-0.2, -0.15) is 36.7 Å². The molecular weight excluding hydrogens is 604 g/mol. The van der Waals surface area contributed by atoms with Crippen LogP contribution in [0.5, 0.6) is 0 Å². The van der Waals surface area contributed by atoms with Crippen molar-refractivity contribution in [2.45, 2.75) is 31.9 Å². The van der Waals surface area contributed by atoms with Gasteiger partial charge in [0.05, 0.1) is 5.56 Å². The molecule has 2 heterocycles. The maximum absolute atomic E-state index is 14.9. The van der Waals surface area contributed by atoms with Gasteiger partial charge in [0, 0.05) is 44.0 Å². The number of nitrogens with one attached hydrogen (secondary N) is 2. The number of likely N-dealkylation sites (N-methyl/N-ethyl adjacent to an activating group) is 1. The van der Waals surface area contributed by atoms with E-state index in [2.05, 4.69) is 15.3 Å². The first-order valence-electron chi connectivity index (χ1n) is 13.0. The molecule has 1 fully saturated rings. The van der Waals surface area contributed by atoms with Crippen LogP contribution in [0.3, 0.4) is 0 Å². The molecule has 0 aliphatic carbocycles. The number of nitrogens with two attached hydrogens (primary N) is 1. The highest BCUT2D eigenvalue weighted by Gasteiger charge is 2.40. The average Bonchev–Trinajstić information content (AvgIpc) is 3.27. The van der Waals surface area contributed by atoms with Crippen molar-refractivity contribution < 1.29 is 39.9 Å². The largest absolute Gasteiger partial charge is 0.416 e. The minimum absolute atomic E-state index is 0.00914. The molecule has 4 N–H and O–H groups in total. The monoisotopic (exact) mass is 630 g/mol. The van der Waals surface area contributed by atoms with Gasteiger partial charge in [0.1, 0.15) is 46.5 Å². The van der Waals surface area contributed by atoms with Crippen LogP contribution in [0.1, 0.15) is 29.7 Å². The van der Waals surface area contributed by atoms with Gasteiger partial charge in [-0.3, -0.25) is 4.90 Å². The van der Waals surface area contributed by atoms with Gasteiger partial charge < -0.3 is 21.3 Å². The summed E-state index contributed by atoms with van der Waals surface area (Å²) in [5.41, 5.74) is 1.80. The number of carbonyl (C=O) groups excluding carboxylic acids is 1. The molecule has 4 rings (SSSR count). The van der Waals surface area contributed by atoms with Crippen molar-refractivity contribution in [1.82, 2.24) is 19.6 Å². The number of alkyl halides is 6. The zero-order valence-corrected chi connectivity index (χ0v) is 23.2. The second-order valence-electron chi connectivity index (χ2n) is 10.2. The zero-order chi connectivity index (χ0) is 32.6. The number of urea groups is 1. The lowest BCUT2D eigenvalue weighted by Gasteiger charge is -2.33. The minimum atomic E-state index is -4.80. The summed E-state index contributed by atoms with van der Waals surface area (Å²) >= 11 is 0. The Morgan fingerprint density at radius 3 is 2.20 bits per heavy atom. The predicted molar refractivity (Wildman–Crippen MR) is 144 cm³/mol. The Labute approximate surface area is 245 Å². The summed E-state index contributed by atoms with van der Waals surface area (Å²) in [6.07, 6.45) is -9.55. The number of rotatable bonds is 6. The highest BCUT2D eigenvalue weighted by atomic mass is 19.4. The van der Waals surface area contributed by atoms with Crippen LogP contribution in [-0.2, 0) is 12.7 Å². The first-order chi connectivity index (χ1) is 20.5. The zero-order valence-electron chi connectivity index (χ0n) is 23.2. The molecule has 44 heavy (non-hydrogen) atoms. The molecule has 9 nitrogen and oxygen atoms in total. The lowest BCUT2D eigenvalue weighted by molar-refractivity contribution is -0.164.